The van der Waals surface area contributed by atoms with Crippen LogP contribution in [-0.4, -0.2) is 54.7 Å². The van der Waals surface area contributed by atoms with Gasteiger partial charge in [-0.15, -0.1) is 0 Å². The lowest BCUT2D eigenvalue weighted by Gasteiger charge is -2.25. The third-order valence-electron chi connectivity index (χ3n) is 3.47. The van der Waals surface area contributed by atoms with Gasteiger partial charge < -0.3 is 9.47 Å². The molecule has 0 radical (unpaired) electrons. The molecule has 0 aromatic heterocycles. The fourth-order valence-electron chi connectivity index (χ4n) is 1.95. The van der Waals surface area contributed by atoms with Gasteiger partial charge in [0.2, 0.25) is 0 Å². The second-order valence-electron chi connectivity index (χ2n) is 5.04. The first-order valence-corrected chi connectivity index (χ1v) is 8.88. The number of hydrogen-bond donors (Lipinski definition) is 0. The maximum Gasteiger partial charge on any atom is 0.332 e. The van der Waals surface area contributed by atoms with Crippen molar-refractivity contribution in [3.63, 3.8) is 0 Å². The fraction of sp³-hybridized carbons (Fsp3) is 0.562. The minimum atomic E-state index is -0.951. The average Bonchev–Trinajstić information content (AvgIpc) is 2.51. The van der Waals surface area contributed by atoms with Gasteiger partial charge in [0.1, 0.15) is 6.61 Å². The lowest BCUT2D eigenvalue weighted by molar-refractivity contribution is -0.148. The first kappa shape index (κ1) is 18.8. The van der Waals surface area contributed by atoms with E-state index in [2.05, 4.69) is 11.8 Å². The molecule has 1 aromatic carbocycles. The summed E-state index contributed by atoms with van der Waals surface area (Å²) in [5, 5.41) is 0. The average molecular weight is 327 g/mol. The summed E-state index contributed by atoms with van der Waals surface area (Å²) in [7, 11) is 1.05. The Kier molecular flexibility index (Phi) is 8.30. The van der Waals surface area contributed by atoms with Crippen LogP contribution in [0.15, 0.2) is 29.2 Å². The Morgan fingerprint density at radius 3 is 2.50 bits per heavy atom. The van der Waals surface area contributed by atoms with Crippen LogP contribution in [0.3, 0.4) is 0 Å². The molecule has 124 valence electrons. The van der Waals surface area contributed by atoms with E-state index < -0.39 is 10.8 Å². The van der Waals surface area contributed by atoms with Crippen LogP contribution in [0.5, 0.6) is 0 Å². The number of esters is 1. The van der Waals surface area contributed by atoms with Crippen LogP contribution in [-0.2, 0) is 25.1 Å². The summed E-state index contributed by atoms with van der Waals surface area (Å²) < 4.78 is 21.5. The van der Waals surface area contributed by atoms with E-state index in [4.69, 9.17) is 9.47 Å². The minimum Gasteiger partial charge on any atom is -0.464 e. The van der Waals surface area contributed by atoms with Crippen molar-refractivity contribution in [3.05, 3.63) is 29.8 Å². The number of rotatable bonds is 9. The van der Waals surface area contributed by atoms with E-state index in [1.165, 1.54) is 0 Å². The van der Waals surface area contributed by atoms with E-state index in [0.29, 0.717) is 19.8 Å². The molecular formula is C16H25NO4S. The number of nitrogens with zero attached hydrogens (tertiary/aromatic N) is 1. The molecule has 6 heteroatoms. The highest BCUT2D eigenvalue weighted by Crippen LogP contribution is 2.19. The predicted molar refractivity (Wildman–Crippen MR) is 87.3 cm³/mol. The van der Waals surface area contributed by atoms with Gasteiger partial charge in [-0.05, 0) is 38.6 Å². The number of hydrogen-bond acceptors (Lipinski definition) is 5. The zero-order valence-corrected chi connectivity index (χ0v) is 14.5. The van der Waals surface area contributed by atoms with Crippen molar-refractivity contribution in [2.24, 2.45) is 0 Å². The third kappa shape index (κ3) is 6.25. The summed E-state index contributed by atoms with van der Waals surface area (Å²) in [6.45, 7) is 5.42. The number of benzene rings is 1. The largest absolute Gasteiger partial charge is 0.464 e. The maximum absolute atomic E-state index is 11.4. The molecule has 0 spiro atoms. The molecule has 0 saturated heterocycles. The Labute approximate surface area is 135 Å². The van der Waals surface area contributed by atoms with Crippen LogP contribution in [0.1, 0.15) is 25.5 Å². The first-order valence-electron chi connectivity index (χ1n) is 7.32. The molecular weight excluding hydrogens is 302 g/mol. The number of likely N-dealkylation sites (N-methyl/N-ethyl adjacent to an activating group) is 1. The van der Waals surface area contributed by atoms with Crippen molar-refractivity contribution in [3.8, 4) is 0 Å². The molecule has 2 atom stereocenters. The summed E-state index contributed by atoms with van der Waals surface area (Å²) >= 11 is 0. The molecule has 0 bridgehead atoms. The zero-order valence-electron chi connectivity index (χ0n) is 13.7. The molecule has 0 aliphatic heterocycles. The van der Waals surface area contributed by atoms with Crippen LogP contribution in [0, 0.1) is 0 Å². The van der Waals surface area contributed by atoms with Gasteiger partial charge in [-0.3, -0.25) is 9.11 Å². The molecule has 0 saturated carbocycles. The van der Waals surface area contributed by atoms with Gasteiger partial charge in [0.15, 0.2) is 0 Å². The topological polar surface area (TPSA) is 55.8 Å². The molecule has 22 heavy (non-hydrogen) atoms. The van der Waals surface area contributed by atoms with Crippen molar-refractivity contribution < 1.29 is 18.5 Å². The molecule has 0 fully saturated rings. The summed E-state index contributed by atoms with van der Waals surface area (Å²) in [4.78, 5) is 14.1. The smallest absolute Gasteiger partial charge is 0.332 e. The molecule has 0 N–H and O–H groups in total. The van der Waals surface area contributed by atoms with Crippen molar-refractivity contribution in [1.29, 1.82) is 0 Å². The monoisotopic (exact) mass is 327 g/mol. The second-order valence-corrected chi connectivity index (χ2v) is 6.42. The molecule has 0 unspecified atom stereocenters. The van der Waals surface area contributed by atoms with Gasteiger partial charge in [-0.2, -0.15) is 0 Å². The van der Waals surface area contributed by atoms with E-state index >= 15 is 0 Å². The van der Waals surface area contributed by atoms with E-state index in [-0.39, 0.29) is 18.6 Å². The Morgan fingerprint density at radius 2 is 1.95 bits per heavy atom. The highest BCUT2D eigenvalue weighted by Gasteiger charge is 2.12. The molecule has 5 nitrogen and oxygen atoms in total. The van der Waals surface area contributed by atoms with Crippen LogP contribution in [0.2, 0.25) is 0 Å². The van der Waals surface area contributed by atoms with Gasteiger partial charge in [-0.1, -0.05) is 12.1 Å². The van der Waals surface area contributed by atoms with Gasteiger partial charge in [-0.25, -0.2) is 4.79 Å². The molecule has 0 aliphatic rings. The quantitative estimate of drug-likeness (QED) is 0.513. The number of carbonyl (C=O) groups is 1. The van der Waals surface area contributed by atoms with Gasteiger partial charge in [0, 0.05) is 34.5 Å². The summed E-state index contributed by atoms with van der Waals surface area (Å²) in [5.74, 6) is -0.332. The lowest BCUT2D eigenvalue weighted by Crippen LogP contribution is -2.27. The zero-order chi connectivity index (χ0) is 16.5. The summed E-state index contributed by atoms with van der Waals surface area (Å²) in [6, 6.07) is 8.00. The molecule has 0 amide bonds. The van der Waals surface area contributed by atoms with Gasteiger partial charge >= 0.3 is 5.97 Å². The van der Waals surface area contributed by atoms with E-state index in [9.17, 15) is 9.00 Å². The van der Waals surface area contributed by atoms with Crippen LogP contribution < -0.4 is 0 Å². The Hall–Kier alpha value is -1.24. The normalized spacial score (nSPS) is 13.9. The maximum atomic E-state index is 11.4. The van der Waals surface area contributed by atoms with Gasteiger partial charge in [0.25, 0.3) is 0 Å². The molecule has 1 aromatic rings. The Morgan fingerprint density at radius 1 is 1.32 bits per heavy atom. The SMILES string of the molecule is CCOC(=O)COCCN(C)[C@@H](C)c1ccc([S@](C)=O)cc1. The molecule has 0 aliphatic carbocycles. The van der Waals surface area contributed by atoms with Crippen LogP contribution in [0.25, 0.3) is 0 Å². The fourth-order valence-corrected chi connectivity index (χ4v) is 2.47. The highest BCUT2D eigenvalue weighted by molar-refractivity contribution is 7.84. The van der Waals surface area contributed by atoms with E-state index in [1.54, 1.807) is 13.2 Å². The molecule has 0 heterocycles. The first-order chi connectivity index (χ1) is 10.5. The lowest BCUT2D eigenvalue weighted by atomic mass is 10.1. The van der Waals surface area contributed by atoms with Crippen molar-refractivity contribution in [2.75, 3.05) is 39.7 Å². The summed E-state index contributed by atoms with van der Waals surface area (Å²) in [6.07, 6.45) is 1.67. The van der Waals surface area contributed by atoms with Crippen molar-refractivity contribution >= 4 is 16.8 Å². The predicted octanol–water partition coefficient (Wildman–Crippen LogP) is 2.00. The van der Waals surface area contributed by atoms with E-state index in [1.807, 2.05) is 31.3 Å². The Balaban J connectivity index is 2.39. The van der Waals surface area contributed by atoms with Crippen LogP contribution in [0.4, 0.5) is 0 Å². The standard InChI is InChI=1S/C16H25NO4S/c1-5-21-16(18)12-20-11-10-17(3)13(2)14-6-8-15(9-7-14)22(4)19/h6-9,13H,5,10-12H2,1-4H3/t13-,22-/m0/s1. The Bertz CT molecular complexity index is 489. The van der Waals surface area contributed by atoms with Gasteiger partial charge in [0.05, 0.1) is 13.2 Å². The second kappa shape index (κ2) is 9.71. The molecule has 1 rings (SSSR count). The van der Waals surface area contributed by atoms with Crippen LogP contribution >= 0.6 is 0 Å². The third-order valence-corrected chi connectivity index (χ3v) is 4.41. The number of carbonyl (C=O) groups excluding carboxylic acids is 1. The minimum absolute atomic E-state index is 0.00687. The van der Waals surface area contributed by atoms with Crippen molar-refractivity contribution in [2.45, 2.75) is 24.8 Å². The highest BCUT2D eigenvalue weighted by atomic mass is 32.2. The number of ether oxygens (including phenoxy) is 2. The summed E-state index contributed by atoms with van der Waals surface area (Å²) in [5.41, 5.74) is 1.15. The van der Waals surface area contributed by atoms with E-state index in [0.717, 1.165) is 10.5 Å². The van der Waals surface area contributed by atoms with Crippen molar-refractivity contribution in [1.82, 2.24) is 4.90 Å².